The van der Waals surface area contributed by atoms with Gasteiger partial charge in [0.1, 0.15) is 5.76 Å². The molecule has 3 N–H and O–H groups in total. The van der Waals surface area contributed by atoms with Gasteiger partial charge in [-0.2, -0.15) is 0 Å². The Morgan fingerprint density at radius 2 is 2.19 bits per heavy atom. The number of amides is 1. The van der Waals surface area contributed by atoms with Gasteiger partial charge in [-0.3, -0.25) is 4.79 Å². The van der Waals surface area contributed by atoms with Gasteiger partial charge in [-0.25, -0.2) is 4.98 Å². The van der Waals surface area contributed by atoms with E-state index < -0.39 is 5.54 Å². The third-order valence-electron chi connectivity index (χ3n) is 3.95. The first-order valence-corrected chi connectivity index (χ1v) is 8.54. The van der Waals surface area contributed by atoms with E-state index in [0.717, 1.165) is 54.5 Å². The predicted octanol–water partition coefficient (Wildman–Crippen LogP) is 2.55. The summed E-state index contributed by atoms with van der Waals surface area (Å²) in [7, 11) is 0. The van der Waals surface area contributed by atoms with E-state index >= 15 is 0 Å². The van der Waals surface area contributed by atoms with Crippen molar-refractivity contribution in [1.29, 1.82) is 0 Å². The number of nitrogens with two attached hydrogens (primary N) is 1. The van der Waals surface area contributed by atoms with Gasteiger partial charge in [0, 0.05) is 11.8 Å². The largest absolute Gasteiger partial charge is 0.437 e. The van der Waals surface area contributed by atoms with E-state index in [4.69, 9.17) is 10.2 Å². The van der Waals surface area contributed by atoms with Crippen LogP contribution in [-0.4, -0.2) is 28.2 Å². The number of rotatable bonds is 9. The zero-order chi connectivity index (χ0) is 15.5. The molecule has 2 rings (SSSR count). The number of nitrogens with zero attached hydrogens (tertiary/aromatic N) is 1. The number of hydrogen-bond acceptors (Lipinski definition) is 5. The zero-order valence-electron chi connectivity index (χ0n) is 13.1. The molecule has 21 heavy (non-hydrogen) atoms. The molecule has 5 nitrogen and oxygen atoms in total. The molecule has 0 radical (unpaired) electrons. The van der Waals surface area contributed by atoms with Crippen molar-refractivity contribution in [2.24, 2.45) is 5.73 Å². The maximum absolute atomic E-state index is 11.6. The summed E-state index contributed by atoms with van der Waals surface area (Å²) in [6.07, 6.45) is 5.07. The smallest absolute Gasteiger partial charge is 0.256 e. The summed E-state index contributed by atoms with van der Waals surface area (Å²) in [5, 5.41) is 4.11. The lowest BCUT2D eigenvalue weighted by Gasteiger charge is -2.27. The van der Waals surface area contributed by atoms with Crippen LogP contribution >= 0.6 is 11.8 Å². The van der Waals surface area contributed by atoms with E-state index in [2.05, 4.69) is 10.3 Å². The van der Waals surface area contributed by atoms with Gasteiger partial charge in [-0.05, 0) is 46.5 Å². The molecule has 1 aromatic rings. The summed E-state index contributed by atoms with van der Waals surface area (Å²) in [6, 6.07) is 0.482. The number of nitrogens with one attached hydrogen (secondary N) is 1. The third-order valence-corrected chi connectivity index (χ3v) is 4.86. The first-order valence-electron chi connectivity index (χ1n) is 7.55. The van der Waals surface area contributed by atoms with E-state index in [1.165, 1.54) is 0 Å². The summed E-state index contributed by atoms with van der Waals surface area (Å²) >= 11 is 1.63. The highest BCUT2D eigenvalue weighted by Crippen LogP contribution is 2.26. The zero-order valence-corrected chi connectivity index (χ0v) is 13.9. The number of unbranched alkanes of at least 4 members (excludes halogenated alkanes) is 1. The lowest BCUT2D eigenvalue weighted by molar-refractivity contribution is -0.124. The van der Waals surface area contributed by atoms with Gasteiger partial charge in [0.15, 0.2) is 0 Å². The number of aryl methyl sites for hydroxylation is 2. The number of carbonyl (C=O) groups excluding carboxylic acids is 1. The van der Waals surface area contributed by atoms with Crippen LogP contribution in [0, 0.1) is 13.8 Å². The van der Waals surface area contributed by atoms with Gasteiger partial charge in [-0.15, -0.1) is 0 Å². The Morgan fingerprint density at radius 1 is 1.48 bits per heavy atom. The monoisotopic (exact) mass is 311 g/mol. The van der Waals surface area contributed by atoms with Crippen LogP contribution < -0.4 is 11.1 Å². The van der Waals surface area contributed by atoms with Crippen LogP contribution in [0.25, 0.3) is 0 Å². The fourth-order valence-corrected chi connectivity index (χ4v) is 3.10. The number of oxazole rings is 1. The second-order valence-electron chi connectivity index (χ2n) is 6.04. The number of aromatic nitrogens is 1. The second-order valence-corrected chi connectivity index (χ2v) is 7.09. The third kappa shape index (κ3) is 4.74. The quantitative estimate of drug-likeness (QED) is 0.541. The summed E-state index contributed by atoms with van der Waals surface area (Å²) in [4.78, 5) is 16.0. The normalized spacial score (nSPS) is 17.7. The Morgan fingerprint density at radius 3 is 2.71 bits per heavy atom. The summed E-state index contributed by atoms with van der Waals surface area (Å²) in [5.74, 6) is 1.57. The van der Waals surface area contributed by atoms with Gasteiger partial charge in [-0.1, -0.05) is 18.2 Å². The van der Waals surface area contributed by atoms with E-state index in [0.29, 0.717) is 6.04 Å². The van der Waals surface area contributed by atoms with Crippen molar-refractivity contribution in [2.75, 3.05) is 5.75 Å². The topological polar surface area (TPSA) is 81.1 Å². The van der Waals surface area contributed by atoms with Crippen molar-refractivity contribution in [3.05, 3.63) is 11.5 Å². The average Bonchev–Trinajstić information content (AvgIpc) is 3.15. The molecule has 1 atom stereocenters. The molecule has 1 amide bonds. The van der Waals surface area contributed by atoms with Crippen LogP contribution in [0.1, 0.15) is 50.5 Å². The molecule has 0 aromatic carbocycles. The van der Waals surface area contributed by atoms with Gasteiger partial charge < -0.3 is 15.5 Å². The van der Waals surface area contributed by atoms with Crippen molar-refractivity contribution in [1.82, 2.24) is 10.3 Å². The molecule has 6 heteroatoms. The van der Waals surface area contributed by atoms with E-state index in [-0.39, 0.29) is 5.91 Å². The molecule has 1 saturated carbocycles. The van der Waals surface area contributed by atoms with Crippen LogP contribution in [0.5, 0.6) is 0 Å². The van der Waals surface area contributed by atoms with Crippen LogP contribution in [0.3, 0.4) is 0 Å². The Kier molecular flexibility index (Phi) is 5.32. The highest BCUT2D eigenvalue weighted by Gasteiger charge is 2.36. The van der Waals surface area contributed by atoms with Crippen molar-refractivity contribution < 1.29 is 9.21 Å². The van der Waals surface area contributed by atoms with Gasteiger partial charge in [0.05, 0.1) is 11.2 Å². The Balaban J connectivity index is 1.68. The molecular formula is C15H25N3O2S. The maximum Gasteiger partial charge on any atom is 0.256 e. The molecule has 1 unspecified atom stereocenters. The standard InChI is InChI=1S/C15H25N3O2S/c1-10-11(2)20-14(17-10)21-9-5-4-8-15(3,13(16)19)18-12-6-7-12/h12,18H,4-9H2,1-3H3,(H2,16,19). The highest BCUT2D eigenvalue weighted by atomic mass is 32.2. The predicted molar refractivity (Wildman–Crippen MR) is 84.3 cm³/mol. The van der Waals surface area contributed by atoms with E-state index in [1.807, 2.05) is 20.8 Å². The Bertz CT molecular complexity index is 480. The minimum atomic E-state index is -0.568. The second kappa shape index (κ2) is 6.83. The van der Waals surface area contributed by atoms with Gasteiger partial charge in [0.2, 0.25) is 5.91 Å². The van der Waals surface area contributed by atoms with Crippen molar-refractivity contribution >= 4 is 17.7 Å². The minimum Gasteiger partial charge on any atom is -0.437 e. The van der Waals surface area contributed by atoms with Gasteiger partial charge in [0.25, 0.3) is 5.22 Å². The minimum absolute atomic E-state index is 0.249. The molecule has 1 aliphatic rings. The number of thioether (sulfide) groups is 1. The average molecular weight is 311 g/mol. The summed E-state index contributed by atoms with van der Waals surface area (Å²) < 4.78 is 5.53. The fraction of sp³-hybridized carbons (Fsp3) is 0.733. The molecular weight excluding hydrogens is 286 g/mol. The molecule has 1 fully saturated rings. The SMILES string of the molecule is Cc1nc(SCCCCC(C)(NC2CC2)C(N)=O)oc1C. The molecule has 0 bridgehead atoms. The Hall–Kier alpha value is -1.01. The Labute approximate surface area is 130 Å². The number of carbonyl (C=O) groups is 1. The van der Waals surface area contributed by atoms with E-state index in [1.54, 1.807) is 11.8 Å². The lowest BCUT2D eigenvalue weighted by Crippen LogP contribution is -2.53. The molecule has 1 heterocycles. The molecule has 1 aliphatic carbocycles. The number of hydrogen-bond donors (Lipinski definition) is 2. The molecule has 1 aromatic heterocycles. The summed E-state index contributed by atoms with van der Waals surface area (Å²) in [6.45, 7) is 5.79. The van der Waals surface area contributed by atoms with Crippen molar-refractivity contribution in [3.63, 3.8) is 0 Å². The molecule has 0 saturated heterocycles. The maximum atomic E-state index is 11.6. The lowest BCUT2D eigenvalue weighted by atomic mass is 9.94. The van der Waals surface area contributed by atoms with Crippen LogP contribution in [0.4, 0.5) is 0 Å². The molecule has 0 aliphatic heterocycles. The van der Waals surface area contributed by atoms with Crippen LogP contribution in [0.15, 0.2) is 9.64 Å². The molecule has 0 spiro atoms. The summed E-state index contributed by atoms with van der Waals surface area (Å²) in [5.41, 5.74) is 5.92. The number of primary amides is 1. The molecule has 118 valence electrons. The van der Waals surface area contributed by atoms with E-state index in [9.17, 15) is 4.79 Å². The van der Waals surface area contributed by atoms with Crippen LogP contribution in [0.2, 0.25) is 0 Å². The van der Waals surface area contributed by atoms with Crippen molar-refractivity contribution in [3.8, 4) is 0 Å². The first kappa shape index (κ1) is 16.4. The first-order chi connectivity index (χ1) is 9.90. The van der Waals surface area contributed by atoms with Crippen LogP contribution in [-0.2, 0) is 4.79 Å². The highest BCUT2D eigenvalue weighted by molar-refractivity contribution is 7.99. The van der Waals surface area contributed by atoms with Crippen molar-refractivity contribution in [2.45, 2.75) is 69.7 Å². The van der Waals surface area contributed by atoms with Gasteiger partial charge >= 0.3 is 0 Å². The fourth-order valence-electron chi connectivity index (χ4n) is 2.19.